The fourth-order valence-corrected chi connectivity index (χ4v) is 2.76. The molecule has 0 radical (unpaired) electrons. The number of hydrogen-bond acceptors (Lipinski definition) is 4. The minimum absolute atomic E-state index is 0.0173. The van der Waals surface area contributed by atoms with E-state index in [1.54, 1.807) is 21.7 Å². The predicted octanol–water partition coefficient (Wildman–Crippen LogP) is 1.23. The van der Waals surface area contributed by atoms with E-state index >= 15 is 0 Å². The van der Waals surface area contributed by atoms with Crippen molar-refractivity contribution in [1.82, 2.24) is 9.88 Å². The second-order valence-electron chi connectivity index (χ2n) is 4.38. The number of carbonyl (C=O) groups is 1. The van der Waals surface area contributed by atoms with E-state index in [0.29, 0.717) is 6.54 Å². The van der Waals surface area contributed by atoms with E-state index in [1.807, 2.05) is 12.4 Å². The zero-order valence-corrected chi connectivity index (χ0v) is 10.2. The van der Waals surface area contributed by atoms with E-state index in [2.05, 4.69) is 4.98 Å². The van der Waals surface area contributed by atoms with Crippen LogP contribution in [-0.2, 0) is 11.3 Å². The van der Waals surface area contributed by atoms with E-state index in [1.165, 1.54) is 0 Å². The highest BCUT2D eigenvalue weighted by molar-refractivity contribution is 7.07. The molecule has 2 unspecified atom stereocenters. The molecule has 4 nitrogen and oxygen atoms in total. The summed E-state index contributed by atoms with van der Waals surface area (Å²) in [5.74, 6) is 0.182. The smallest absolute Gasteiger partial charge is 0.227 e. The van der Waals surface area contributed by atoms with Crippen LogP contribution < -0.4 is 5.73 Å². The van der Waals surface area contributed by atoms with E-state index in [4.69, 9.17) is 5.73 Å². The van der Waals surface area contributed by atoms with Gasteiger partial charge >= 0.3 is 0 Å². The van der Waals surface area contributed by atoms with Gasteiger partial charge in [0.1, 0.15) is 0 Å². The zero-order chi connectivity index (χ0) is 11.5. The predicted molar refractivity (Wildman–Crippen MR) is 63.9 cm³/mol. The van der Waals surface area contributed by atoms with Crippen molar-refractivity contribution in [3.05, 3.63) is 16.6 Å². The Kier molecular flexibility index (Phi) is 3.56. The van der Waals surface area contributed by atoms with Crippen molar-refractivity contribution in [3.8, 4) is 0 Å². The Labute approximate surface area is 99.5 Å². The van der Waals surface area contributed by atoms with Crippen LogP contribution in [0, 0.1) is 5.92 Å². The Balaban J connectivity index is 1.94. The molecule has 1 heterocycles. The van der Waals surface area contributed by atoms with Crippen LogP contribution in [0.1, 0.15) is 25.0 Å². The van der Waals surface area contributed by atoms with Gasteiger partial charge in [0.05, 0.1) is 23.7 Å². The molecule has 0 spiro atoms. The molecule has 2 rings (SSSR count). The normalized spacial score (nSPS) is 24.6. The molecule has 2 atom stereocenters. The third kappa shape index (κ3) is 2.41. The summed E-state index contributed by atoms with van der Waals surface area (Å²) >= 11 is 1.55. The maximum atomic E-state index is 12.1. The van der Waals surface area contributed by atoms with E-state index in [0.717, 1.165) is 25.0 Å². The Hall–Kier alpha value is -0.940. The number of carbonyl (C=O) groups excluding carboxylic acids is 1. The lowest BCUT2D eigenvalue weighted by molar-refractivity contribution is -0.134. The van der Waals surface area contributed by atoms with E-state index in [9.17, 15) is 4.79 Å². The van der Waals surface area contributed by atoms with Gasteiger partial charge in [-0.3, -0.25) is 4.79 Å². The van der Waals surface area contributed by atoms with Gasteiger partial charge in [-0.1, -0.05) is 6.42 Å². The van der Waals surface area contributed by atoms with Crippen LogP contribution in [0.4, 0.5) is 0 Å². The van der Waals surface area contributed by atoms with Crippen LogP contribution in [0.3, 0.4) is 0 Å². The van der Waals surface area contributed by atoms with Crippen molar-refractivity contribution in [3.63, 3.8) is 0 Å². The molecular formula is C11H17N3OS. The molecule has 0 saturated heterocycles. The highest BCUT2D eigenvalue weighted by Gasteiger charge is 2.32. The first-order valence-electron chi connectivity index (χ1n) is 5.56. The van der Waals surface area contributed by atoms with Gasteiger partial charge in [0.2, 0.25) is 5.91 Å². The highest BCUT2D eigenvalue weighted by atomic mass is 32.1. The lowest BCUT2D eigenvalue weighted by atomic mass is 10.0. The van der Waals surface area contributed by atoms with Crippen molar-refractivity contribution in [2.75, 3.05) is 7.05 Å². The van der Waals surface area contributed by atoms with Crippen LogP contribution in [0.2, 0.25) is 0 Å². The van der Waals surface area contributed by atoms with Gasteiger partial charge in [0.25, 0.3) is 0 Å². The van der Waals surface area contributed by atoms with Gasteiger partial charge in [-0.25, -0.2) is 4.98 Å². The summed E-state index contributed by atoms with van der Waals surface area (Å²) in [6, 6.07) is 0.0467. The van der Waals surface area contributed by atoms with Crippen molar-refractivity contribution < 1.29 is 4.79 Å². The van der Waals surface area contributed by atoms with Crippen LogP contribution in [-0.4, -0.2) is 28.9 Å². The van der Waals surface area contributed by atoms with Gasteiger partial charge in [-0.2, -0.15) is 0 Å². The summed E-state index contributed by atoms with van der Waals surface area (Å²) < 4.78 is 0. The topological polar surface area (TPSA) is 59.2 Å². The largest absolute Gasteiger partial charge is 0.340 e. The fourth-order valence-electron chi connectivity index (χ4n) is 2.21. The van der Waals surface area contributed by atoms with Gasteiger partial charge in [-0.05, 0) is 12.8 Å². The van der Waals surface area contributed by atoms with Crippen LogP contribution in [0.5, 0.6) is 0 Å². The standard InChI is InChI=1S/C11H17N3OS/c1-14(5-8-6-16-7-13-8)11(15)9-3-2-4-10(9)12/h6-7,9-10H,2-5,12H2,1H3. The molecule has 1 fully saturated rings. The van der Waals surface area contributed by atoms with Crippen molar-refractivity contribution in [2.24, 2.45) is 11.7 Å². The monoisotopic (exact) mass is 239 g/mol. The Bertz CT molecular complexity index is 352. The number of thiazole rings is 1. The minimum atomic E-state index is 0.0173. The zero-order valence-electron chi connectivity index (χ0n) is 9.43. The average Bonchev–Trinajstić information content (AvgIpc) is 2.88. The van der Waals surface area contributed by atoms with E-state index < -0.39 is 0 Å². The van der Waals surface area contributed by atoms with Gasteiger partial charge < -0.3 is 10.6 Å². The quantitative estimate of drug-likeness (QED) is 0.863. The minimum Gasteiger partial charge on any atom is -0.340 e. The van der Waals surface area contributed by atoms with Crippen molar-refractivity contribution in [1.29, 1.82) is 0 Å². The molecule has 16 heavy (non-hydrogen) atoms. The molecular weight excluding hydrogens is 222 g/mol. The molecule has 1 aromatic heterocycles. The second-order valence-corrected chi connectivity index (χ2v) is 5.09. The molecule has 1 aliphatic carbocycles. The third-order valence-electron chi connectivity index (χ3n) is 3.15. The summed E-state index contributed by atoms with van der Waals surface area (Å²) in [5.41, 5.74) is 8.67. The molecule has 2 N–H and O–H groups in total. The second kappa shape index (κ2) is 4.93. The molecule has 1 saturated carbocycles. The third-order valence-corrected chi connectivity index (χ3v) is 3.78. The van der Waals surface area contributed by atoms with Gasteiger partial charge in [0, 0.05) is 18.5 Å². The molecule has 1 aromatic rings. The SMILES string of the molecule is CN(Cc1cscn1)C(=O)C1CCCC1N. The summed E-state index contributed by atoms with van der Waals surface area (Å²) in [7, 11) is 1.83. The van der Waals surface area contributed by atoms with Crippen LogP contribution >= 0.6 is 11.3 Å². The lowest BCUT2D eigenvalue weighted by Crippen LogP contribution is -2.39. The van der Waals surface area contributed by atoms with Crippen LogP contribution in [0.15, 0.2) is 10.9 Å². The summed E-state index contributed by atoms with van der Waals surface area (Å²) in [4.78, 5) is 18.0. The number of amides is 1. The van der Waals surface area contributed by atoms with Gasteiger partial charge in [0.15, 0.2) is 0 Å². The first-order valence-corrected chi connectivity index (χ1v) is 6.50. The van der Waals surface area contributed by atoms with Crippen molar-refractivity contribution >= 4 is 17.2 Å². The molecule has 5 heteroatoms. The first-order chi connectivity index (χ1) is 7.68. The number of nitrogens with zero attached hydrogens (tertiary/aromatic N) is 2. The summed E-state index contributed by atoms with van der Waals surface area (Å²) in [5, 5.41) is 1.97. The average molecular weight is 239 g/mol. The molecule has 88 valence electrons. The molecule has 0 aliphatic heterocycles. The summed E-state index contributed by atoms with van der Waals surface area (Å²) in [6.07, 6.45) is 2.98. The number of rotatable bonds is 3. The Morgan fingerprint density at radius 1 is 1.69 bits per heavy atom. The number of aromatic nitrogens is 1. The van der Waals surface area contributed by atoms with E-state index in [-0.39, 0.29) is 17.9 Å². The Morgan fingerprint density at radius 3 is 3.06 bits per heavy atom. The highest BCUT2D eigenvalue weighted by Crippen LogP contribution is 2.25. The number of hydrogen-bond donors (Lipinski definition) is 1. The summed E-state index contributed by atoms with van der Waals surface area (Å²) in [6.45, 7) is 0.589. The molecule has 1 amide bonds. The number of nitrogens with two attached hydrogens (primary N) is 1. The Morgan fingerprint density at radius 2 is 2.50 bits per heavy atom. The maximum absolute atomic E-state index is 12.1. The van der Waals surface area contributed by atoms with Gasteiger partial charge in [-0.15, -0.1) is 11.3 Å². The fraction of sp³-hybridized carbons (Fsp3) is 0.636. The molecule has 1 aliphatic rings. The first kappa shape index (κ1) is 11.5. The van der Waals surface area contributed by atoms with Crippen molar-refractivity contribution in [2.45, 2.75) is 31.8 Å². The lowest BCUT2D eigenvalue weighted by Gasteiger charge is -2.22. The molecule has 0 aromatic carbocycles. The molecule has 0 bridgehead atoms. The maximum Gasteiger partial charge on any atom is 0.227 e. The van der Waals surface area contributed by atoms with Crippen LogP contribution in [0.25, 0.3) is 0 Å².